The van der Waals surface area contributed by atoms with Crippen molar-refractivity contribution in [2.45, 2.75) is 33.7 Å². The average Bonchev–Trinajstić information content (AvgIpc) is 1.61. The van der Waals surface area contributed by atoms with E-state index in [1.807, 2.05) is 6.20 Å². The fraction of sp³-hybridized carbons (Fsp3) is 0.714. The van der Waals surface area contributed by atoms with Gasteiger partial charge in [-0.3, -0.25) is 0 Å². The molecule has 1 nitrogen and oxygen atoms in total. The van der Waals surface area contributed by atoms with Crippen molar-refractivity contribution in [3.63, 3.8) is 0 Å². The van der Waals surface area contributed by atoms with Gasteiger partial charge in [-0.05, 0) is 33.9 Å². The van der Waals surface area contributed by atoms with Crippen molar-refractivity contribution >= 4 is 0 Å². The Kier molecular flexibility index (Phi) is 3.33. The van der Waals surface area contributed by atoms with E-state index in [4.69, 9.17) is 0 Å². The van der Waals surface area contributed by atoms with Crippen LogP contribution in [0.1, 0.15) is 27.7 Å². The van der Waals surface area contributed by atoms with Crippen LogP contribution < -0.4 is 5.32 Å². The minimum atomic E-state index is 0.560. The molecule has 0 spiro atoms. The topological polar surface area (TPSA) is 12.0 Å². The van der Waals surface area contributed by atoms with Crippen LogP contribution in [-0.4, -0.2) is 6.04 Å². The number of allylic oxidation sites excluding steroid dienone is 1. The number of hydrogen-bond acceptors (Lipinski definition) is 1. The van der Waals surface area contributed by atoms with Gasteiger partial charge in [-0.15, -0.1) is 0 Å². The summed E-state index contributed by atoms with van der Waals surface area (Å²) >= 11 is 0. The zero-order valence-corrected chi connectivity index (χ0v) is 6.15. The van der Waals surface area contributed by atoms with Gasteiger partial charge in [0.1, 0.15) is 0 Å². The van der Waals surface area contributed by atoms with Gasteiger partial charge >= 0.3 is 0 Å². The van der Waals surface area contributed by atoms with Crippen LogP contribution in [0, 0.1) is 0 Å². The van der Waals surface area contributed by atoms with Gasteiger partial charge in [-0.25, -0.2) is 0 Å². The van der Waals surface area contributed by atoms with E-state index in [9.17, 15) is 0 Å². The molecule has 0 fully saturated rings. The van der Waals surface area contributed by atoms with Crippen LogP contribution in [0.25, 0.3) is 0 Å². The fourth-order valence-electron chi connectivity index (χ4n) is 0.333. The molecule has 0 aliphatic carbocycles. The summed E-state index contributed by atoms with van der Waals surface area (Å²) in [5, 5.41) is 3.18. The lowest BCUT2D eigenvalue weighted by molar-refractivity contribution is 0.698. The van der Waals surface area contributed by atoms with E-state index in [-0.39, 0.29) is 0 Å². The van der Waals surface area contributed by atoms with Crippen molar-refractivity contribution in [1.29, 1.82) is 0 Å². The highest BCUT2D eigenvalue weighted by atomic mass is 14.9. The Labute approximate surface area is 51.8 Å². The molecule has 0 radical (unpaired) electrons. The summed E-state index contributed by atoms with van der Waals surface area (Å²) in [7, 11) is 0. The predicted octanol–water partition coefficient (Wildman–Crippen LogP) is 1.91. The molecule has 0 heterocycles. The Morgan fingerprint density at radius 2 is 1.88 bits per heavy atom. The largest absolute Gasteiger partial charge is 0.389 e. The molecule has 48 valence electrons. The predicted molar refractivity (Wildman–Crippen MR) is 37.7 cm³/mol. The molecule has 0 saturated heterocycles. The summed E-state index contributed by atoms with van der Waals surface area (Å²) in [4.78, 5) is 0. The van der Waals surface area contributed by atoms with Gasteiger partial charge in [-0.2, -0.15) is 0 Å². The summed E-state index contributed by atoms with van der Waals surface area (Å²) in [5.74, 6) is 0. The van der Waals surface area contributed by atoms with Crippen molar-refractivity contribution < 1.29 is 0 Å². The normalized spacial score (nSPS) is 9.12. The molecule has 8 heavy (non-hydrogen) atoms. The standard InChI is InChI=1S/C7H15N/c1-6(2)5-8-7(3)4/h5,7-8H,1-4H3. The first-order chi connectivity index (χ1) is 3.63. The van der Waals surface area contributed by atoms with Gasteiger partial charge in [0.05, 0.1) is 0 Å². The maximum atomic E-state index is 3.18. The number of hydrogen-bond donors (Lipinski definition) is 1. The highest BCUT2D eigenvalue weighted by Gasteiger charge is 1.82. The fourth-order valence-corrected chi connectivity index (χ4v) is 0.333. The third-order valence-electron chi connectivity index (χ3n) is 0.705. The SMILES string of the molecule is CC(C)=CNC(C)C. The van der Waals surface area contributed by atoms with Crippen molar-refractivity contribution in [2.75, 3.05) is 0 Å². The Morgan fingerprint density at radius 3 is 2.00 bits per heavy atom. The first-order valence-corrected chi connectivity index (χ1v) is 3.02. The van der Waals surface area contributed by atoms with Crippen LogP contribution in [0.3, 0.4) is 0 Å². The Bertz CT molecular complexity index is 78.4. The lowest BCUT2D eigenvalue weighted by Crippen LogP contribution is -2.15. The first kappa shape index (κ1) is 7.54. The molecular weight excluding hydrogens is 98.1 g/mol. The van der Waals surface area contributed by atoms with Crippen LogP contribution in [0.15, 0.2) is 11.8 Å². The smallest absolute Gasteiger partial charge is 0.0199 e. The van der Waals surface area contributed by atoms with Crippen LogP contribution in [0.5, 0.6) is 0 Å². The monoisotopic (exact) mass is 113 g/mol. The van der Waals surface area contributed by atoms with E-state index < -0.39 is 0 Å². The molecule has 0 aliphatic heterocycles. The Morgan fingerprint density at radius 1 is 1.38 bits per heavy atom. The zero-order valence-electron chi connectivity index (χ0n) is 6.15. The van der Waals surface area contributed by atoms with Gasteiger partial charge in [0.25, 0.3) is 0 Å². The summed E-state index contributed by atoms with van der Waals surface area (Å²) in [6.07, 6.45) is 2.03. The average molecular weight is 113 g/mol. The second-order valence-electron chi connectivity index (χ2n) is 2.54. The minimum absolute atomic E-state index is 0.560. The lowest BCUT2D eigenvalue weighted by Gasteiger charge is -2.02. The summed E-state index contributed by atoms with van der Waals surface area (Å²) in [6.45, 7) is 8.41. The highest BCUT2D eigenvalue weighted by molar-refractivity contribution is 4.91. The quantitative estimate of drug-likeness (QED) is 0.576. The third-order valence-corrected chi connectivity index (χ3v) is 0.705. The van der Waals surface area contributed by atoms with Crippen molar-refractivity contribution in [3.05, 3.63) is 11.8 Å². The highest BCUT2D eigenvalue weighted by Crippen LogP contribution is 1.85. The molecule has 0 aromatic rings. The lowest BCUT2D eigenvalue weighted by atomic mass is 10.3. The van der Waals surface area contributed by atoms with Gasteiger partial charge < -0.3 is 5.32 Å². The first-order valence-electron chi connectivity index (χ1n) is 3.02. The molecule has 0 atom stereocenters. The van der Waals surface area contributed by atoms with Gasteiger partial charge in [0.2, 0.25) is 0 Å². The van der Waals surface area contributed by atoms with Gasteiger partial charge in [0.15, 0.2) is 0 Å². The minimum Gasteiger partial charge on any atom is -0.389 e. The van der Waals surface area contributed by atoms with E-state index in [1.54, 1.807) is 0 Å². The molecule has 0 aliphatic rings. The molecule has 0 unspecified atom stereocenters. The van der Waals surface area contributed by atoms with E-state index in [2.05, 4.69) is 33.0 Å². The zero-order chi connectivity index (χ0) is 6.57. The van der Waals surface area contributed by atoms with Crippen molar-refractivity contribution in [1.82, 2.24) is 5.32 Å². The maximum absolute atomic E-state index is 3.18. The molecule has 1 N–H and O–H groups in total. The molecule has 0 aromatic heterocycles. The summed E-state index contributed by atoms with van der Waals surface area (Å²) in [6, 6.07) is 0.560. The molecule has 0 aromatic carbocycles. The molecule has 0 amide bonds. The number of rotatable bonds is 2. The van der Waals surface area contributed by atoms with Crippen molar-refractivity contribution in [3.8, 4) is 0 Å². The molecular formula is C7H15N. The molecule has 0 rings (SSSR count). The molecule has 1 heteroatoms. The van der Waals surface area contributed by atoms with Crippen LogP contribution in [0.2, 0.25) is 0 Å². The summed E-state index contributed by atoms with van der Waals surface area (Å²) in [5.41, 5.74) is 1.32. The van der Waals surface area contributed by atoms with Gasteiger partial charge in [0, 0.05) is 6.04 Å². The molecule has 0 saturated carbocycles. The second kappa shape index (κ2) is 3.53. The van der Waals surface area contributed by atoms with E-state index in [1.165, 1.54) is 5.57 Å². The second-order valence-corrected chi connectivity index (χ2v) is 2.54. The Hall–Kier alpha value is -0.460. The van der Waals surface area contributed by atoms with Crippen LogP contribution in [0.4, 0.5) is 0 Å². The maximum Gasteiger partial charge on any atom is 0.0199 e. The van der Waals surface area contributed by atoms with Crippen molar-refractivity contribution in [2.24, 2.45) is 0 Å². The van der Waals surface area contributed by atoms with Crippen LogP contribution >= 0.6 is 0 Å². The molecule has 0 bridgehead atoms. The summed E-state index contributed by atoms with van der Waals surface area (Å²) < 4.78 is 0. The van der Waals surface area contributed by atoms with E-state index in [0.29, 0.717) is 6.04 Å². The van der Waals surface area contributed by atoms with E-state index in [0.717, 1.165) is 0 Å². The van der Waals surface area contributed by atoms with E-state index >= 15 is 0 Å². The Balaban J connectivity index is 3.29. The van der Waals surface area contributed by atoms with Crippen LogP contribution in [-0.2, 0) is 0 Å². The van der Waals surface area contributed by atoms with Gasteiger partial charge in [-0.1, -0.05) is 5.57 Å². The third kappa shape index (κ3) is 5.54. The number of nitrogens with one attached hydrogen (secondary N) is 1.